The first-order valence-electron chi connectivity index (χ1n) is 4.63. The summed E-state index contributed by atoms with van der Waals surface area (Å²) in [5.41, 5.74) is 0. The Morgan fingerprint density at radius 1 is 1.67 bits per heavy atom. The fourth-order valence-electron chi connectivity index (χ4n) is 1.06. The van der Waals surface area contributed by atoms with Gasteiger partial charge in [-0.15, -0.1) is 0 Å². The van der Waals surface area contributed by atoms with Crippen molar-refractivity contribution in [2.24, 2.45) is 0 Å². The van der Waals surface area contributed by atoms with Crippen molar-refractivity contribution in [2.75, 3.05) is 20.3 Å². The molecule has 0 unspecified atom stereocenters. The molecule has 1 rings (SSSR count). The monoisotopic (exact) mass is 230 g/mol. The van der Waals surface area contributed by atoms with Crippen LogP contribution in [0.2, 0.25) is 0 Å². The Hall–Kier alpha value is -1.14. The number of nitrogens with zero attached hydrogens (tertiary/aromatic N) is 1. The van der Waals surface area contributed by atoms with E-state index in [9.17, 15) is 9.59 Å². The summed E-state index contributed by atoms with van der Waals surface area (Å²) in [5.74, 6) is -0.147. The second-order valence-electron chi connectivity index (χ2n) is 2.99. The standard InChI is InChI=1S/C9H14N2O3S/c1-14-5-2-3-10-8(12)7-11-4-6-15-9(11)13/h4,6H,2-3,5,7H2,1H3,(H,10,12). The second-order valence-corrected chi connectivity index (χ2v) is 3.85. The molecule has 84 valence electrons. The highest BCUT2D eigenvalue weighted by Crippen LogP contribution is 1.88. The average Bonchev–Trinajstić information content (AvgIpc) is 2.59. The number of amides is 1. The van der Waals surface area contributed by atoms with Gasteiger partial charge in [0.05, 0.1) is 0 Å². The van der Waals surface area contributed by atoms with Crippen LogP contribution in [0, 0.1) is 0 Å². The average molecular weight is 230 g/mol. The number of ether oxygens (including phenoxy) is 1. The largest absolute Gasteiger partial charge is 0.385 e. The van der Waals surface area contributed by atoms with E-state index in [0.717, 1.165) is 17.8 Å². The lowest BCUT2D eigenvalue weighted by Crippen LogP contribution is -2.31. The molecule has 0 atom stereocenters. The first kappa shape index (κ1) is 11.9. The maximum absolute atomic E-state index is 11.3. The van der Waals surface area contributed by atoms with Crippen molar-refractivity contribution in [3.63, 3.8) is 0 Å². The van der Waals surface area contributed by atoms with Crippen LogP contribution in [0.25, 0.3) is 0 Å². The van der Waals surface area contributed by atoms with Gasteiger partial charge in [0.2, 0.25) is 5.91 Å². The summed E-state index contributed by atoms with van der Waals surface area (Å²) in [6.45, 7) is 1.29. The number of carbonyl (C=O) groups excluding carboxylic acids is 1. The van der Waals surface area contributed by atoms with Gasteiger partial charge in [0.1, 0.15) is 6.54 Å². The smallest absolute Gasteiger partial charge is 0.307 e. The van der Waals surface area contributed by atoms with Gasteiger partial charge in [-0.2, -0.15) is 0 Å². The third-order valence-electron chi connectivity index (χ3n) is 1.81. The summed E-state index contributed by atoms with van der Waals surface area (Å²) in [7, 11) is 1.62. The topological polar surface area (TPSA) is 60.3 Å². The first-order valence-corrected chi connectivity index (χ1v) is 5.51. The van der Waals surface area contributed by atoms with Gasteiger partial charge in [-0.1, -0.05) is 11.3 Å². The van der Waals surface area contributed by atoms with Crippen LogP contribution in [-0.4, -0.2) is 30.7 Å². The Morgan fingerprint density at radius 2 is 2.47 bits per heavy atom. The highest BCUT2D eigenvalue weighted by molar-refractivity contribution is 7.07. The van der Waals surface area contributed by atoms with Crippen LogP contribution in [-0.2, 0) is 16.1 Å². The van der Waals surface area contributed by atoms with Gasteiger partial charge in [-0.3, -0.25) is 14.2 Å². The zero-order valence-electron chi connectivity index (χ0n) is 8.56. The molecule has 0 aliphatic carbocycles. The number of carbonyl (C=O) groups is 1. The van der Waals surface area contributed by atoms with Gasteiger partial charge >= 0.3 is 4.87 Å². The molecule has 0 aliphatic rings. The van der Waals surface area contributed by atoms with Crippen molar-refractivity contribution >= 4 is 17.2 Å². The Kier molecular flexibility index (Phi) is 5.06. The molecular formula is C9H14N2O3S. The molecule has 0 bridgehead atoms. The molecular weight excluding hydrogens is 216 g/mol. The third kappa shape index (κ3) is 4.26. The summed E-state index contributed by atoms with van der Waals surface area (Å²) in [5, 5.41) is 4.38. The summed E-state index contributed by atoms with van der Waals surface area (Å²) in [6.07, 6.45) is 2.39. The Balaban J connectivity index is 2.25. The fraction of sp³-hybridized carbons (Fsp3) is 0.556. The van der Waals surface area contributed by atoms with E-state index in [1.165, 1.54) is 4.57 Å². The van der Waals surface area contributed by atoms with Crippen LogP contribution in [0.4, 0.5) is 0 Å². The summed E-state index contributed by atoms with van der Waals surface area (Å²) < 4.78 is 6.23. The number of aromatic nitrogens is 1. The Labute approximate surface area is 91.7 Å². The van der Waals surface area contributed by atoms with Gasteiger partial charge in [0.15, 0.2) is 0 Å². The molecule has 0 saturated heterocycles. The van der Waals surface area contributed by atoms with Gasteiger partial charge in [0, 0.05) is 31.8 Å². The zero-order chi connectivity index (χ0) is 11.1. The summed E-state index contributed by atoms with van der Waals surface area (Å²) >= 11 is 1.09. The Bertz CT molecular complexity index is 358. The van der Waals surface area contributed by atoms with E-state index in [0.29, 0.717) is 13.2 Å². The van der Waals surface area contributed by atoms with Crippen molar-refractivity contribution in [3.05, 3.63) is 21.2 Å². The molecule has 0 aliphatic heterocycles. The van der Waals surface area contributed by atoms with E-state index >= 15 is 0 Å². The van der Waals surface area contributed by atoms with E-state index < -0.39 is 0 Å². The van der Waals surface area contributed by atoms with Crippen LogP contribution in [0.5, 0.6) is 0 Å². The number of nitrogens with one attached hydrogen (secondary N) is 1. The van der Waals surface area contributed by atoms with Crippen LogP contribution in [0.3, 0.4) is 0 Å². The molecule has 15 heavy (non-hydrogen) atoms. The second kappa shape index (κ2) is 6.36. The van der Waals surface area contributed by atoms with E-state index in [2.05, 4.69) is 5.32 Å². The number of hydrogen-bond acceptors (Lipinski definition) is 4. The molecule has 1 heterocycles. The predicted molar refractivity (Wildman–Crippen MR) is 58.1 cm³/mol. The molecule has 6 heteroatoms. The molecule has 0 aromatic carbocycles. The molecule has 1 aromatic heterocycles. The van der Waals surface area contributed by atoms with Crippen LogP contribution in [0.15, 0.2) is 16.4 Å². The number of thiazole rings is 1. The minimum absolute atomic E-state index is 0.0926. The molecule has 0 fully saturated rings. The molecule has 1 aromatic rings. The maximum atomic E-state index is 11.3. The highest BCUT2D eigenvalue weighted by atomic mass is 32.1. The van der Waals surface area contributed by atoms with Crippen molar-refractivity contribution in [2.45, 2.75) is 13.0 Å². The minimum atomic E-state index is -0.147. The lowest BCUT2D eigenvalue weighted by molar-refractivity contribution is -0.121. The van der Waals surface area contributed by atoms with Gasteiger partial charge in [-0.05, 0) is 6.42 Å². The normalized spacial score (nSPS) is 10.2. The molecule has 0 spiro atoms. The quantitative estimate of drug-likeness (QED) is 0.703. The van der Waals surface area contributed by atoms with Crippen LogP contribution >= 0.6 is 11.3 Å². The predicted octanol–water partition coefficient (Wildman–Crippen LogP) is 0.0625. The van der Waals surface area contributed by atoms with E-state index in [4.69, 9.17) is 4.74 Å². The number of methoxy groups -OCH3 is 1. The third-order valence-corrected chi connectivity index (χ3v) is 2.50. The van der Waals surface area contributed by atoms with Crippen molar-refractivity contribution in [3.8, 4) is 0 Å². The van der Waals surface area contributed by atoms with Crippen LogP contribution < -0.4 is 10.2 Å². The van der Waals surface area contributed by atoms with Gasteiger partial charge < -0.3 is 10.1 Å². The maximum Gasteiger partial charge on any atom is 0.307 e. The zero-order valence-corrected chi connectivity index (χ0v) is 9.38. The highest BCUT2D eigenvalue weighted by Gasteiger charge is 2.03. The van der Waals surface area contributed by atoms with Crippen molar-refractivity contribution in [1.29, 1.82) is 0 Å². The minimum Gasteiger partial charge on any atom is -0.385 e. The number of rotatable bonds is 6. The molecule has 1 N–H and O–H groups in total. The van der Waals surface area contributed by atoms with Crippen LogP contribution in [0.1, 0.15) is 6.42 Å². The van der Waals surface area contributed by atoms with E-state index in [1.54, 1.807) is 18.7 Å². The summed E-state index contributed by atoms with van der Waals surface area (Å²) in [6, 6.07) is 0. The van der Waals surface area contributed by atoms with Gasteiger partial charge in [-0.25, -0.2) is 0 Å². The summed E-state index contributed by atoms with van der Waals surface area (Å²) in [4.78, 5) is 22.3. The Morgan fingerprint density at radius 3 is 3.07 bits per heavy atom. The first-order chi connectivity index (χ1) is 7.24. The fourth-order valence-corrected chi connectivity index (χ4v) is 1.65. The lowest BCUT2D eigenvalue weighted by Gasteiger charge is -2.04. The molecule has 0 radical (unpaired) electrons. The van der Waals surface area contributed by atoms with E-state index in [-0.39, 0.29) is 17.3 Å². The van der Waals surface area contributed by atoms with Crippen molar-refractivity contribution in [1.82, 2.24) is 9.88 Å². The molecule has 0 saturated carbocycles. The van der Waals surface area contributed by atoms with Crippen molar-refractivity contribution < 1.29 is 9.53 Å². The van der Waals surface area contributed by atoms with E-state index in [1.807, 2.05) is 0 Å². The molecule has 5 nitrogen and oxygen atoms in total. The van der Waals surface area contributed by atoms with Gasteiger partial charge in [0.25, 0.3) is 0 Å². The number of hydrogen-bond donors (Lipinski definition) is 1. The lowest BCUT2D eigenvalue weighted by atomic mass is 10.4. The SMILES string of the molecule is COCCCNC(=O)Cn1ccsc1=O. The molecule has 1 amide bonds.